The monoisotopic (exact) mass is 804 g/mol. The van der Waals surface area contributed by atoms with Crippen molar-refractivity contribution in [2.75, 3.05) is 6.54 Å². The molecule has 1 heterocycles. The second-order valence-electron chi connectivity index (χ2n) is 18.8. The first-order valence-corrected chi connectivity index (χ1v) is 21.7. The molecule has 1 saturated heterocycles. The van der Waals surface area contributed by atoms with E-state index in [4.69, 9.17) is 0 Å². The Morgan fingerprint density at radius 1 is 1.00 bits per heavy atom. The zero-order valence-corrected chi connectivity index (χ0v) is 37.7. The highest BCUT2D eigenvalue weighted by Crippen LogP contribution is 2.61. The molecule has 1 aromatic rings. The van der Waals surface area contributed by atoms with Crippen LogP contribution in [-0.2, 0) is 12.8 Å². The molecule has 3 aliphatic rings. The number of nitrogens with one attached hydrogen (secondary N) is 1. The summed E-state index contributed by atoms with van der Waals surface area (Å²) in [7, 11) is 0. The summed E-state index contributed by atoms with van der Waals surface area (Å²) in [4.78, 5) is 7.08. The third-order valence-corrected chi connectivity index (χ3v) is 14.3. The predicted octanol–water partition coefficient (Wildman–Crippen LogP) is 14.2. The summed E-state index contributed by atoms with van der Waals surface area (Å²) in [5.74, 6) is -4.13. The summed E-state index contributed by atoms with van der Waals surface area (Å²) >= 11 is 0. The smallest absolute Gasteiger partial charge is 0.251 e. The van der Waals surface area contributed by atoms with Crippen molar-refractivity contribution in [3.63, 3.8) is 0 Å². The van der Waals surface area contributed by atoms with E-state index in [0.717, 1.165) is 79.0 Å². The molecule has 4 rings (SSSR count). The summed E-state index contributed by atoms with van der Waals surface area (Å²) < 4.78 is 61.2. The van der Waals surface area contributed by atoms with Crippen molar-refractivity contribution in [2.45, 2.75) is 170 Å². The van der Waals surface area contributed by atoms with E-state index < -0.39 is 17.5 Å². The van der Waals surface area contributed by atoms with Gasteiger partial charge in [0.25, 0.3) is 5.92 Å². The Morgan fingerprint density at radius 3 is 2.16 bits per heavy atom. The normalized spacial score (nSPS) is 23.5. The van der Waals surface area contributed by atoms with E-state index in [9.17, 15) is 8.78 Å². The fraction of sp³-hybridized carbons (Fsp3) is 0.588. The molecule has 1 N–H and O–H groups in total. The van der Waals surface area contributed by atoms with Crippen molar-refractivity contribution < 1.29 is 17.6 Å². The highest BCUT2D eigenvalue weighted by Gasteiger charge is 2.51. The summed E-state index contributed by atoms with van der Waals surface area (Å²) in [5.41, 5.74) is 5.99. The van der Waals surface area contributed by atoms with Crippen LogP contribution in [0.4, 0.5) is 17.6 Å². The van der Waals surface area contributed by atoms with Crippen LogP contribution in [0.25, 0.3) is 0 Å². The Labute approximate surface area is 349 Å². The van der Waals surface area contributed by atoms with Gasteiger partial charge in [-0.3, -0.25) is 9.89 Å². The van der Waals surface area contributed by atoms with Gasteiger partial charge in [0, 0.05) is 41.2 Å². The minimum absolute atomic E-state index is 0.00514. The summed E-state index contributed by atoms with van der Waals surface area (Å²) in [6.45, 7) is 34.9. The number of allylic oxidation sites excluding steroid dienone is 7. The molecule has 320 valence electrons. The number of likely N-dealkylation sites (tertiary alicyclic amines) is 1. The van der Waals surface area contributed by atoms with Gasteiger partial charge in [-0.2, -0.15) is 0 Å². The van der Waals surface area contributed by atoms with Gasteiger partial charge in [-0.15, -0.1) is 0 Å². The lowest BCUT2D eigenvalue weighted by Crippen LogP contribution is -2.46. The van der Waals surface area contributed by atoms with Crippen LogP contribution >= 0.6 is 0 Å². The lowest BCUT2D eigenvalue weighted by molar-refractivity contribution is -0.0207. The van der Waals surface area contributed by atoms with Crippen LogP contribution in [-0.4, -0.2) is 40.8 Å². The average Bonchev–Trinajstić information content (AvgIpc) is 3.11. The van der Waals surface area contributed by atoms with E-state index in [1.807, 2.05) is 19.9 Å². The summed E-state index contributed by atoms with van der Waals surface area (Å²) in [5, 5.41) is 3.50. The van der Waals surface area contributed by atoms with E-state index in [0.29, 0.717) is 46.8 Å². The van der Waals surface area contributed by atoms with Crippen LogP contribution in [0.5, 0.6) is 0 Å². The highest BCUT2D eigenvalue weighted by atomic mass is 19.3. The van der Waals surface area contributed by atoms with Gasteiger partial charge in [0.2, 0.25) is 0 Å². The Morgan fingerprint density at radius 2 is 1.62 bits per heavy atom. The first-order chi connectivity index (χ1) is 27.0. The number of nitrogens with zero attached hydrogens (tertiary/aromatic N) is 2. The molecule has 1 aliphatic heterocycles. The second kappa shape index (κ2) is 18.9. The van der Waals surface area contributed by atoms with Gasteiger partial charge in [-0.1, -0.05) is 77.1 Å². The van der Waals surface area contributed by atoms with Gasteiger partial charge >= 0.3 is 0 Å². The minimum atomic E-state index is -2.98. The maximum atomic E-state index is 16.1. The number of benzene rings is 1. The molecule has 58 heavy (non-hydrogen) atoms. The number of aliphatic imine (C=N–C) groups is 1. The lowest BCUT2D eigenvalue weighted by Gasteiger charge is -2.55. The molecule has 4 atom stereocenters. The standard InChI is InChI=1S/C51H73F4N3/c1-15-49(13,53)34(5)30-45(56-16-2)43-31-42(50(14,54)55)25-26-44(43)57-39(10)46(33(3)4)38(9)51(27-19-28-51)48(11,12)32-41-24-23-40(47(52)37(41)8)22-18-29-58-35(6)20-17-21-36(58)7/h16,23-26,30,35-36,42,57H,2-3,10,15,17-22,27-29,31-32H2,1,4-9,11-14H3/b34-30+,46-38+,56-45?/t35-,36?,42?,49?/m0/s1. The third kappa shape index (κ3) is 10.3. The zero-order chi connectivity index (χ0) is 43.4. The molecule has 0 bridgehead atoms. The van der Waals surface area contributed by atoms with E-state index in [2.05, 4.69) is 75.6 Å². The van der Waals surface area contributed by atoms with Gasteiger partial charge in [0.15, 0.2) is 0 Å². The molecule has 0 aromatic heterocycles. The lowest BCUT2D eigenvalue weighted by atomic mass is 9.49. The van der Waals surface area contributed by atoms with Crippen LogP contribution in [0.1, 0.15) is 144 Å². The van der Waals surface area contributed by atoms with Crippen LogP contribution < -0.4 is 5.32 Å². The molecular weight excluding hydrogens is 731 g/mol. The maximum Gasteiger partial charge on any atom is 0.251 e. The Kier molecular flexibility index (Phi) is 15.4. The SMILES string of the molecule is C=CN=C(/C=C(\C)C(C)(F)CC)C1=C(NC(=C)/C(C(=C)C)=C(\C)C2(C(C)(C)Cc3ccc(CCCN4C(C)CCC[C@@H]4C)c(F)c3C)CCC2)C=CC(C(C)(F)F)C1. The van der Waals surface area contributed by atoms with E-state index in [-0.39, 0.29) is 29.5 Å². The Bertz CT molecular complexity index is 1850. The van der Waals surface area contributed by atoms with Crippen molar-refractivity contribution in [1.82, 2.24) is 10.2 Å². The minimum Gasteiger partial charge on any atom is -0.355 e. The van der Waals surface area contributed by atoms with Crippen LogP contribution in [0, 0.1) is 29.5 Å². The largest absolute Gasteiger partial charge is 0.355 e. The molecular formula is C51H73F4N3. The highest BCUT2D eigenvalue weighted by molar-refractivity contribution is 6.10. The fourth-order valence-corrected chi connectivity index (χ4v) is 9.89. The van der Waals surface area contributed by atoms with Gasteiger partial charge in [0.1, 0.15) is 11.5 Å². The van der Waals surface area contributed by atoms with Gasteiger partial charge in [-0.05, 0) is 176 Å². The maximum absolute atomic E-state index is 16.1. The van der Waals surface area contributed by atoms with E-state index >= 15 is 8.78 Å². The first kappa shape index (κ1) is 47.2. The zero-order valence-electron chi connectivity index (χ0n) is 37.7. The molecule has 0 amide bonds. The van der Waals surface area contributed by atoms with Crippen molar-refractivity contribution in [3.05, 3.63) is 118 Å². The molecule has 2 aliphatic carbocycles. The second-order valence-corrected chi connectivity index (χ2v) is 18.8. The summed E-state index contributed by atoms with van der Waals surface area (Å²) in [6, 6.07) is 5.32. The number of piperidine rings is 1. The Balaban J connectivity index is 1.66. The van der Waals surface area contributed by atoms with Crippen LogP contribution in [0.2, 0.25) is 0 Å². The molecule has 3 unspecified atom stereocenters. The van der Waals surface area contributed by atoms with Gasteiger partial charge < -0.3 is 5.32 Å². The van der Waals surface area contributed by atoms with Crippen molar-refractivity contribution >= 4 is 5.71 Å². The number of hydrogen-bond acceptors (Lipinski definition) is 3. The Hall–Kier alpha value is -3.45. The molecule has 3 nitrogen and oxygen atoms in total. The number of alkyl halides is 3. The van der Waals surface area contributed by atoms with Gasteiger partial charge in [0.05, 0.1) is 5.71 Å². The van der Waals surface area contributed by atoms with E-state index in [1.54, 1.807) is 26.0 Å². The van der Waals surface area contributed by atoms with Crippen LogP contribution in [0.15, 0.2) is 101 Å². The van der Waals surface area contributed by atoms with Crippen molar-refractivity contribution in [3.8, 4) is 0 Å². The number of rotatable bonds is 18. The molecule has 1 aromatic carbocycles. The quantitative estimate of drug-likeness (QED) is 0.0909. The number of halogens is 4. The van der Waals surface area contributed by atoms with Crippen molar-refractivity contribution in [2.24, 2.45) is 21.7 Å². The molecule has 1 saturated carbocycles. The van der Waals surface area contributed by atoms with E-state index in [1.165, 1.54) is 38.5 Å². The number of hydrogen-bond donors (Lipinski definition) is 1. The molecule has 7 heteroatoms. The van der Waals surface area contributed by atoms with Crippen LogP contribution in [0.3, 0.4) is 0 Å². The third-order valence-electron chi connectivity index (χ3n) is 14.3. The fourth-order valence-electron chi connectivity index (χ4n) is 9.89. The summed E-state index contributed by atoms with van der Waals surface area (Å²) in [6.07, 6.45) is 15.6. The average molecular weight is 804 g/mol. The van der Waals surface area contributed by atoms with Gasteiger partial charge in [-0.25, -0.2) is 17.6 Å². The number of aryl methyl sites for hydroxylation is 1. The molecule has 0 spiro atoms. The molecule has 0 radical (unpaired) electrons. The first-order valence-electron chi connectivity index (χ1n) is 21.7. The molecule has 2 fully saturated rings. The predicted molar refractivity (Wildman–Crippen MR) is 239 cm³/mol. The topological polar surface area (TPSA) is 27.6 Å². The van der Waals surface area contributed by atoms with Crippen molar-refractivity contribution in [1.29, 1.82) is 0 Å².